The minimum Gasteiger partial charge on any atom is -0.507 e. The molecule has 0 amide bonds. The van der Waals surface area contributed by atoms with Gasteiger partial charge >= 0.3 is 0 Å². The molecule has 2 aliphatic rings. The SMILES string of the molecule is CN1CCCCC1c1c(O)cc2oc(C3=CCC(O)C=C3)cc(=O)c2c1O. The van der Waals surface area contributed by atoms with Gasteiger partial charge in [0.1, 0.15) is 28.2 Å². The van der Waals surface area contributed by atoms with Crippen molar-refractivity contribution in [2.24, 2.45) is 0 Å². The zero-order valence-electron chi connectivity index (χ0n) is 15.2. The number of fused-ring (bicyclic) bond motifs is 1. The fourth-order valence-corrected chi connectivity index (χ4v) is 4.01. The van der Waals surface area contributed by atoms with Crippen LogP contribution in [0.1, 0.15) is 43.0 Å². The topological polar surface area (TPSA) is 94.1 Å². The van der Waals surface area contributed by atoms with E-state index in [1.165, 1.54) is 12.1 Å². The maximum Gasteiger partial charge on any atom is 0.197 e. The van der Waals surface area contributed by atoms with Crippen LogP contribution in [0.25, 0.3) is 16.5 Å². The van der Waals surface area contributed by atoms with E-state index in [-0.39, 0.29) is 33.9 Å². The molecule has 4 rings (SSSR count). The Bertz CT molecular complexity index is 1000. The van der Waals surface area contributed by atoms with E-state index in [4.69, 9.17) is 4.42 Å². The maximum atomic E-state index is 12.7. The second-order valence-electron chi connectivity index (χ2n) is 7.32. The molecule has 1 aliphatic carbocycles. The first-order valence-electron chi connectivity index (χ1n) is 9.25. The molecule has 1 fully saturated rings. The monoisotopic (exact) mass is 369 g/mol. The van der Waals surface area contributed by atoms with Crippen molar-refractivity contribution in [3.63, 3.8) is 0 Å². The highest BCUT2D eigenvalue weighted by molar-refractivity contribution is 5.88. The van der Waals surface area contributed by atoms with Crippen LogP contribution in [-0.4, -0.2) is 39.9 Å². The number of aliphatic hydroxyl groups excluding tert-OH is 1. The molecule has 0 radical (unpaired) electrons. The largest absolute Gasteiger partial charge is 0.507 e. The smallest absolute Gasteiger partial charge is 0.197 e. The standard InChI is InChI=1S/C21H23NO5/c1-22-9-3-2-4-14(22)19-15(24)11-18-20(21(19)26)16(25)10-17(27-18)12-5-7-13(23)8-6-12/h5-7,10-11,13-14,23-24,26H,2-4,8-9H2,1H3. The zero-order valence-corrected chi connectivity index (χ0v) is 15.2. The first-order valence-corrected chi connectivity index (χ1v) is 9.25. The van der Waals surface area contributed by atoms with Gasteiger partial charge in [0.05, 0.1) is 11.7 Å². The van der Waals surface area contributed by atoms with Gasteiger partial charge in [0.15, 0.2) is 5.43 Å². The summed E-state index contributed by atoms with van der Waals surface area (Å²) in [4.78, 5) is 14.8. The van der Waals surface area contributed by atoms with Gasteiger partial charge in [0.25, 0.3) is 0 Å². The number of aliphatic hydroxyl groups is 1. The summed E-state index contributed by atoms with van der Waals surface area (Å²) in [5.41, 5.74) is 0.873. The third-order valence-corrected chi connectivity index (χ3v) is 5.48. The van der Waals surface area contributed by atoms with Gasteiger partial charge in [-0.25, -0.2) is 0 Å². The molecule has 0 saturated carbocycles. The molecule has 6 heteroatoms. The molecule has 1 saturated heterocycles. The van der Waals surface area contributed by atoms with Crippen molar-refractivity contribution in [1.29, 1.82) is 0 Å². The molecule has 1 aromatic carbocycles. The van der Waals surface area contributed by atoms with Crippen molar-refractivity contribution in [1.82, 2.24) is 4.90 Å². The summed E-state index contributed by atoms with van der Waals surface area (Å²) in [7, 11) is 1.95. The van der Waals surface area contributed by atoms with Gasteiger partial charge in [-0.05, 0) is 32.9 Å². The van der Waals surface area contributed by atoms with Crippen LogP contribution in [0.2, 0.25) is 0 Å². The van der Waals surface area contributed by atoms with Crippen molar-refractivity contribution in [2.45, 2.75) is 37.8 Å². The number of piperidine rings is 1. The second kappa shape index (κ2) is 6.87. The molecule has 2 atom stereocenters. The van der Waals surface area contributed by atoms with E-state index in [1.807, 2.05) is 7.05 Å². The van der Waals surface area contributed by atoms with E-state index in [0.29, 0.717) is 23.3 Å². The van der Waals surface area contributed by atoms with Crippen molar-refractivity contribution in [3.8, 4) is 11.5 Å². The summed E-state index contributed by atoms with van der Waals surface area (Å²) in [6, 6.07) is 2.63. The van der Waals surface area contributed by atoms with E-state index in [1.54, 1.807) is 18.2 Å². The summed E-state index contributed by atoms with van der Waals surface area (Å²) in [5.74, 6) is 0.0762. The summed E-state index contributed by atoms with van der Waals surface area (Å²) >= 11 is 0. The van der Waals surface area contributed by atoms with E-state index in [0.717, 1.165) is 25.8 Å². The Hall–Kier alpha value is -2.57. The van der Waals surface area contributed by atoms with Crippen molar-refractivity contribution in [3.05, 3.63) is 51.9 Å². The number of phenols is 2. The number of aromatic hydroxyl groups is 2. The lowest BCUT2D eigenvalue weighted by Gasteiger charge is -2.33. The molecule has 1 aromatic heterocycles. The number of likely N-dealkylation sites (tertiary alicyclic amines) is 1. The highest BCUT2D eigenvalue weighted by atomic mass is 16.3. The Morgan fingerprint density at radius 2 is 2.04 bits per heavy atom. The number of phenolic OH excluding ortho intramolecular Hbond substituents is 2. The Balaban J connectivity index is 1.85. The van der Waals surface area contributed by atoms with Crippen LogP contribution in [0.3, 0.4) is 0 Å². The molecule has 2 aromatic rings. The first-order chi connectivity index (χ1) is 13.0. The molecule has 1 aliphatic heterocycles. The van der Waals surface area contributed by atoms with Gasteiger partial charge in [-0.2, -0.15) is 0 Å². The highest BCUT2D eigenvalue weighted by Crippen LogP contribution is 2.43. The van der Waals surface area contributed by atoms with E-state index < -0.39 is 6.10 Å². The quantitative estimate of drug-likeness (QED) is 0.753. The molecule has 142 valence electrons. The van der Waals surface area contributed by atoms with Gasteiger partial charge in [-0.1, -0.05) is 24.6 Å². The zero-order chi connectivity index (χ0) is 19.1. The van der Waals surface area contributed by atoms with Gasteiger partial charge in [0, 0.05) is 23.7 Å². The van der Waals surface area contributed by atoms with Gasteiger partial charge < -0.3 is 19.7 Å². The fraction of sp³-hybridized carbons (Fsp3) is 0.381. The summed E-state index contributed by atoms with van der Waals surface area (Å²) in [5, 5.41) is 31.0. The maximum absolute atomic E-state index is 12.7. The van der Waals surface area contributed by atoms with Crippen molar-refractivity contribution < 1.29 is 19.7 Å². The molecule has 0 bridgehead atoms. The summed E-state index contributed by atoms with van der Waals surface area (Å²) in [6.45, 7) is 0.876. The van der Waals surface area contributed by atoms with Crippen LogP contribution in [0.4, 0.5) is 0 Å². The minimum absolute atomic E-state index is 0.0670. The Morgan fingerprint density at radius 1 is 1.22 bits per heavy atom. The van der Waals surface area contributed by atoms with Crippen molar-refractivity contribution in [2.75, 3.05) is 13.6 Å². The third kappa shape index (κ3) is 3.15. The molecule has 0 spiro atoms. The average molecular weight is 369 g/mol. The van der Waals surface area contributed by atoms with Gasteiger partial charge in [-0.15, -0.1) is 0 Å². The van der Waals surface area contributed by atoms with Crippen LogP contribution < -0.4 is 5.43 Å². The van der Waals surface area contributed by atoms with Gasteiger partial charge in [0.2, 0.25) is 0 Å². The molecule has 6 nitrogen and oxygen atoms in total. The Morgan fingerprint density at radius 3 is 2.74 bits per heavy atom. The molecule has 2 unspecified atom stereocenters. The predicted octanol–water partition coefficient (Wildman–Crippen LogP) is 3.07. The minimum atomic E-state index is -0.538. The molecular formula is C21H23NO5. The van der Waals surface area contributed by atoms with E-state index in [9.17, 15) is 20.1 Å². The van der Waals surface area contributed by atoms with Crippen LogP contribution in [-0.2, 0) is 0 Å². The lowest BCUT2D eigenvalue weighted by Crippen LogP contribution is -2.29. The van der Waals surface area contributed by atoms with E-state index >= 15 is 0 Å². The summed E-state index contributed by atoms with van der Waals surface area (Å²) < 4.78 is 5.81. The molecule has 2 heterocycles. The Kier molecular flexibility index (Phi) is 4.53. The number of hydrogen-bond acceptors (Lipinski definition) is 6. The predicted molar refractivity (Wildman–Crippen MR) is 103 cm³/mol. The van der Waals surface area contributed by atoms with Crippen LogP contribution in [0.15, 0.2) is 39.6 Å². The number of benzene rings is 1. The van der Waals surface area contributed by atoms with Crippen LogP contribution in [0, 0.1) is 0 Å². The molecular weight excluding hydrogens is 346 g/mol. The normalized spacial score (nSPS) is 23.6. The fourth-order valence-electron chi connectivity index (χ4n) is 4.01. The van der Waals surface area contributed by atoms with Gasteiger partial charge in [-0.3, -0.25) is 9.69 Å². The first kappa shape index (κ1) is 17.8. The van der Waals surface area contributed by atoms with Crippen molar-refractivity contribution >= 4 is 16.5 Å². The lowest BCUT2D eigenvalue weighted by molar-refractivity contribution is 0.181. The lowest BCUT2D eigenvalue weighted by atomic mass is 9.93. The number of rotatable bonds is 2. The third-order valence-electron chi connectivity index (χ3n) is 5.48. The number of allylic oxidation sites excluding steroid dienone is 2. The average Bonchev–Trinajstić information content (AvgIpc) is 2.63. The molecule has 3 N–H and O–H groups in total. The Labute approximate surface area is 156 Å². The van der Waals surface area contributed by atoms with Crippen LogP contribution >= 0.6 is 0 Å². The highest BCUT2D eigenvalue weighted by Gasteiger charge is 2.28. The number of nitrogens with zero attached hydrogens (tertiary/aromatic N) is 1. The van der Waals surface area contributed by atoms with E-state index in [2.05, 4.69) is 4.90 Å². The second-order valence-corrected chi connectivity index (χ2v) is 7.32. The summed E-state index contributed by atoms with van der Waals surface area (Å²) in [6.07, 6.45) is 7.92. The number of hydrogen-bond donors (Lipinski definition) is 3. The molecule has 27 heavy (non-hydrogen) atoms. The van der Waals surface area contributed by atoms with Crippen LogP contribution in [0.5, 0.6) is 11.5 Å².